The number of para-hydroxylation sites is 1. The van der Waals surface area contributed by atoms with E-state index in [1.54, 1.807) is 11.3 Å². The van der Waals surface area contributed by atoms with Crippen LogP contribution in [0, 0.1) is 5.92 Å². The SMILES string of the molecule is O=C(NCCCNC1(I)CC1CCc1ccc(Oc2nc3ccccc3s2)cc1)c1ccccc1. The Bertz CT molecular complexity index is 1250. The summed E-state index contributed by atoms with van der Waals surface area (Å²) in [4.78, 5) is 16.6. The van der Waals surface area contributed by atoms with Crippen molar-refractivity contribution in [3.05, 3.63) is 90.0 Å². The first-order chi connectivity index (χ1) is 17.1. The second kappa shape index (κ2) is 11.1. The summed E-state index contributed by atoms with van der Waals surface area (Å²) in [5.41, 5.74) is 3.02. The van der Waals surface area contributed by atoms with Gasteiger partial charge in [0.1, 0.15) is 5.75 Å². The third-order valence-corrected chi connectivity index (χ3v) is 8.93. The number of nitrogens with one attached hydrogen (secondary N) is 2. The molecule has 7 heteroatoms. The fourth-order valence-corrected chi connectivity index (χ4v) is 6.13. The molecule has 2 unspecified atom stereocenters. The Morgan fingerprint density at radius 1 is 1.03 bits per heavy atom. The van der Waals surface area contributed by atoms with E-state index in [0.717, 1.165) is 35.4 Å². The molecule has 5 nitrogen and oxygen atoms in total. The monoisotopic (exact) mass is 597 g/mol. The van der Waals surface area contributed by atoms with Crippen molar-refractivity contribution in [2.45, 2.75) is 29.2 Å². The summed E-state index contributed by atoms with van der Waals surface area (Å²) in [6.45, 7) is 1.59. The molecule has 0 spiro atoms. The van der Waals surface area contributed by atoms with E-state index in [2.05, 4.69) is 56.4 Å². The van der Waals surface area contributed by atoms with Crippen LogP contribution in [0.1, 0.15) is 35.2 Å². The van der Waals surface area contributed by atoms with Crippen LogP contribution in [0.4, 0.5) is 0 Å². The van der Waals surface area contributed by atoms with Crippen molar-refractivity contribution < 1.29 is 9.53 Å². The van der Waals surface area contributed by atoms with Crippen LogP contribution in [0.5, 0.6) is 10.9 Å². The predicted octanol–water partition coefficient (Wildman–Crippen LogP) is 6.58. The van der Waals surface area contributed by atoms with Gasteiger partial charge in [-0.05, 0) is 80.1 Å². The maximum atomic E-state index is 12.1. The van der Waals surface area contributed by atoms with Gasteiger partial charge in [-0.25, -0.2) is 4.98 Å². The summed E-state index contributed by atoms with van der Waals surface area (Å²) >= 11 is 4.13. The quantitative estimate of drug-likeness (QED) is 0.0888. The third-order valence-electron chi connectivity index (χ3n) is 6.31. The van der Waals surface area contributed by atoms with Gasteiger partial charge in [0.15, 0.2) is 0 Å². The summed E-state index contributed by atoms with van der Waals surface area (Å²) in [7, 11) is 0. The van der Waals surface area contributed by atoms with Gasteiger partial charge in [0, 0.05) is 12.1 Å². The van der Waals surface area contributed by atoms with Crippen LogP contribution in [0.25, 0.3) is 10.2 Å². The van der Waals surface area contributed by atoms with E-state index in [1.165, 1.54) is 18.4 Å². The molecule has 1 aliphatic carbocycles. The van der Waals surface area contributed by atoms with Crippen LogP contribution in [-0.4, -0.2) is 27.5 Å². The van der Waals surface area contributed by atoms with Crippen LogP contribution in [-0.2, 0) is 6.42 Å². The lowest BCUT2D eigenvalue weighted by Gasteiger charge is -2.13. The minimum Gasteiger partial charge on any atom is -0.431 e. The van der Waals surface area contributed by atoms with E-state index in [9.17, 15) is 4.79 Å². The molecule has 0 bridgehead atoms. The van der Waals surface area contributed by atoms with E-state index in [0.29, 0.717) is 23.2 Å². The Hall–Kier alpha value is -2.49. The molecule has 3 aromatic carbocycles. The maximum Gasteiger partial charge on any atom is 0.279 e. The average molecular weight is 598 g/mol. The van der Waals surface area contributed by atoms with Crippen molar-refractivity contribution in [2.75, 3.05) is 13.1 Å². The van der Waals surface area contributed by atoms with Gasteiger partial charge in [0.25, 0.3) is 11.1 Å². The predicted molar refractivity (Wildman–Crippen MR) is 151 cm³/mol. The van der Waals surface area contributed by atoms with Crippen molar-refractivity contribution in [3.63, 3.8) is 0 Å². The van der Waals surface area contributed by atoms with Gasteiger partial charge in [-0.1, -0.05) is 76.4 Å². The van der Waals surface area contributed by atoms with Crippen LogP contribution in [0.2, 0.25) is 0 Å². The summed E-state index contributed by atoms with van der Waals surface area (Å²) in [5, 5.41) is 7.36. The molecule has 1 aromatic heterocycles. The number of aromatic nitrogens is 1. The molecule has 4 aromatic rings. The number of carbonyl (C=O) groups excluding carboxylic acids is 1. The van der Waals surface area contributed by atoms with Crippen molar-refractivity contribution in [1.29, 1.82) is 0 Å². The Balaban J connectivity index is 1.00. The summed E-state index contributed by atoms with van der Waals surface area (Å²) in [6, 6.07) is 25.8. The number of alkyl halides is 1. The first kappa shape index (κ1) is 24.2. The Morgan fingerprint density at radius 3 is 2.60 bits per heavy atom. The van der Waals surface area contributed by atoms with E-state index in [4.69, 9.17) is 4.74 Å². The number of carbonyl (C=O) groups is 1. The molecule has 2 atom stereocenters. The molecule has 5 rings (SSSR count). The molecular weight excluding hydrogens is 569 g/mol. The molecule has 1 fully saturated rings. The van der Waals surface area contributed by atoms with Crippen LogP contribution in [0.3, 0.4) is 0 Å². The minimum absolute atomic E-state index is 0.00409. The number of aryl methyl sites for hydroxylation is 1. The molecule has 1 aliphatic rings. The minimum atomic E-state index is -0.00409. The van der Waals surface area contributed by atoms with Gasteiger partial charge in [0.05, 0.1) is 13.8 Å². The zero-order chi connectivity index (χ0) is 24.1. The number of halogens is 1. The topological polar surface area (TPSA) is 63.2 Å². The molecule has 0 aliphatic heterocycles. The largest absolute Gasteiger partial charge is 0.431 e. The number of nitrogens with zero attached hydrogens (tertiary/aromatic N) is 1. The number of fused-ring (bicyclic) bond motifs is 1. The second-order valence-corrected chi connectivity index (χ2v) is 11.8. The fourth-order valence-electron chi connectivity index (χ4n) is 4.19. The van der Waals surface area contributed by atoms with Crippen LogP contribution in [0.15, 0.2) is 78.9 Å². The zero-order valence-electron chi connectivity index (χ0n) is 19.4. The van der Waals surface area contributed by atoms with E-state index >= 15 is 0 Å². The summed E-state index contributed by atoms with van der Waals surface area (Å²) in [6.07, 6.45) is 4.35. The third kappa shape index (κ3) is 6.39. The van der Waals surface area contributed by atoms with E-state index in [-0.39, 0.29) is 9.45 Å². The van der Waals surface area contributed by atoms with E-state index < -0.39 is 0 Å². The van der Waals surface area contributed by atoms with Gasteiger partial charge < -0.3 is 15.4 Å². The number of ether oxygens (including phenoxy) is 1. The molecule has 35 heavy (non-hydrogen) atoms. The molecule has 2 N–H and O–H groups in total. The average Bonchev–Trinajstić information content (AvgIpc) is 3.35. The van der Waals surface area contributed by atoms with Gasteiger partial charge in [0.2, 0.25) is 0 Å². The first-order valence-electron chi connectivity index (χ1n) is 12.0. The number of rotatable bonds is 11. The van der Waals surface area contributed by atoms with Crippen molar-refractivity contribution in [2.24, 2.45) is 5.92 Å². The molecular formula is C28H28IN3O2S. The van der Waals surface area contributed by atoms with Crippen molar-refractivity contribution in [3.8, 4) is 10.9 Å². The number of thiazole rings is 1. The second-order valence-electron chi connectivity index (χ2n) is 8.90. The van der Waals surface area contributed by atoms with Crippen molar-refractivity contribution >= 4 is 50.1 Å². The number of hydrogen-bond acceptors (Lipinski definition) is 5. The fraction of sp³-hybridized carbons (Fsp3) is 0.286. The molecule has 180 valence electrons. The van der Waals surface area contributed by atoms with Crippen LogP contribution >= 0.6 is 33.9 Å². The first-order valence-corrected chi connectivity index (χ1v) is 13.9. The molecule has 0 radical (unpaired) electrons. The normalized spacial score (nSPS) is 18.9. The Labute approximate surface area is 223 Å². The molecule has 1 heterocycles. The number of benzene rings is 3. The Morgan fingerprint density at radius 2 is 1.80 bits per heavy atom. The number of amides is 1. The van der Waals surface area contributed by atoms with Gasteiger partial charge in [-0.2, -0.15) is 0 Å². The lowest BCUT2D eigenvalue weighted by atomic mass is 10.1. The molecule has 1 amide bonds. The highest BCUT2D eigenvalue weighted by molar-refractivity contribution is 14.1. The van der Waals surface area contributed by atoms with E-state index in [1.807, 2.05) is 60.7 Å². The summed E-state index contributed by atoms with van der Waals surface area (Å²) < 4.78 is 7.29. The standard InChI is InChI=1S/C28H28IN3O2S/c29-28(31-18-6-17-30-26(33)21-7-2-1-3-8-21)19-22(28)14-11-20-12-15-23(16-13-20)34-27-32-24-9-4-5-10-25(24)35-27/h1-5,7-10,12-13,15-16,22,31H,6,11,14,17-19H2,(H,30,33). The van der Waals surface area contributed by atoms with Gasteiger partial charge >= 0.3 is 0 Å². The lowest BCUT2D eigenvalue weighted by Crippen LogP contribution is -2.32. The molecule has 1 saturated carbocycles. The van der Waals surface area contributed by atoms with Gasteiger partial charge in [-0.15, -0.1) is 0 Å². The Kier molecular flexibility index (Phi) is 7.65. The number of hydrogen-bond donors (Lipinski definition) is 2. The van der Waals surface area contributed by atoms with Crippen molar-refractivity contribution in [1.82, 2.24) is 15.6 Å². The highest BCUT2D eigenvalue weighted by Gasteiger charge is 2.50. The maximum absolute atomic E-state index is 12.1. The lowest BCUT2D eigenvalue weighted by molar-refractivity contribution is 0.0953. The van der Waals surface area contributed by atoms with Gasteiger partial charge in [-0.3, -0.25) is 4.79 Å². The highest BCUT2D eigenvalue weighted by Crippen LogP contribution is 2.51. The summed E-state index contributed by atoms with van der Waals surface area (Å²) in [5.74, 6) is 1.50. The highest BCUT2D eigenvalue weighted by atomic mass is 127. The molecule has 0 saturated heterocycles. The smallest absolute Gasteiger partial charge is 0.279 e. The zero-order valence-corrected chi connectivity index (χ0v) is 22.3. The van der Waals surface area contributed by atoms with Crippen LogP contribution < -0.4 is 15.4 Å².